The van der Waals surface area contributed by atoms with Gasteiger partial charge in [0.2, 0.25) is 0 Å². The van der Waals surface area contributed by atoms with E-state index in [2.05, 4.69) is 10.3 Å². The van der Waals surface area contributed by atoms with E-state index in [1.54, 1.807) is 36.5 Å². The number of fused-ring (bicyclic) bond motifs is 1. The monoisotopic (exact) mass is 314 g/mol. The highest BCUT2D eigenvalue weighted by Gasteiger charge is 2.07. The quantitative estimate of drug-likeness (QED) is 0.759. The molecule has 0 amide bonds. The third kappa shape index (κ3) is 3.36. The summed E-state index contributed by atoms with van der Waals surface area (Å²) < 4.78 is 27.1. The molecule has 0 saturated carbocycles. The van der Waals surface area contributed by atoms with Crippen LogP contribution in [0.15, 0.2) is 48.7 Å². The summed E-state index contributed by atoms with van der Waals surface area (Å²) >= 11 is 0. The lowest BCUT2D eigenvalue weighted by Crippen LogP contribution is -2.13. The molecule has 2 N–H and O–H groups in total. The van der Waals surface area contributed by atoms with Crippen molar-refractivity contribution in [1.29, 1.82) is 0 Å². The van der Waals surface area contributed by atoms with Crippen LogP contribution in [-0.4, -0.2) is 10.1 Å². The van der Waals surface area contributed by atoms with Gasteiger partial charge in [0.25, 0.3) is 0 Å². The number of hydrogen-bond donors (Lipinski definition) is 2. The summed E-state index contributed by atoms with van der Waals surface area (Å²) in [5, 5.41) is 12.8. The van der Waals surface area contributed by atoms with E-state index in [4.69, 9.17) is 5.11 Å². The van der Waals surface area contributed by atoms with Gasteiger partial charge in [-0.1, -0.05) is 12.1 Å². The van der Waals surface area contributed by atoms with Gasteiger partial charge in [-0.15, -0.1) is 0 Å². The predicted molar refractivity (Wildman–Crippen MR) is 84.6 cm³/mol. The minimum absolute atomic E-state index is 0.276. The van der Waals surface area contributed by atoms with Crippen molar-refractivity contribution in [3.05, 3.63) is 77.0 Å². The maximum absolute atomic E-state index is 13.8. The average Bonchev–Trinajstić information content (AvgIpc) is 2.58. The number of nitrogens with zero attached hydrogens (tertiary/aromatic N) is 1. The highest BCUT2D eigenvalue weighted by atomic mass is 19.1. The van der Waals surface area contributed by atoms with E-state index in [0.717, 1.165) is 11.1 Å². The van der Waals surface area contributed by atoms with Gasteiger partial charge in [0.05, 0.1) is 12.1 Å². The number of aromatic nitrogens is 1. The molecule has 1 aromatic heterocycles. The molecule has 118 valence electrons. The predicted octanol–water partition coefficient (Wildman–Crippen LogP) is 3.30. The molecule has 3 rings (SSSR count). The van der Waals surface area contributed by atoms with Crippen molar-refractivity contribution in [3.8, 4) is 0 Å². The standard InChI is InChI=1S/C18H16F2N2O/c19-16-5-3-12(8-14(16)11-23)9-21-10-13-4-6-17(20)15-2-1-7-22-18(13)15/h1-8,21,23H,9-11H2. The van der Waals surface area contributed by atoms with Crippen LogP contribution in [0.1, 0.15) is 16.7 Å². The largest absolute Gasteiger partial charge is 0.392 e. The fourth-order valence-electron chi connectivity index (χ4n) is 2.54. The minimum Gasteiger partial charge on any atom is -0.392 e. The first kappa shape index (κ1) is 15.5. The highest BCUT2D eigenvalue weighted by molar-refractivity contribution is 5.82. The fraction of sp³-hybridized carbons (Fsp3) is 0.167. The molecule has 0 fully saturated rings. The lowest BCUT2D eigenvalue weighted by atomic mass is 10.1. The van der Waals surface area contributed by atoms with Crippen molar-refractivity contribution >= 4 is 10.9 Å². The van der Waals surface area contributed by atoms with Crippen LogP contribution >= 0.6 is 0 Å². The van der Waals surface area contributed by atoms with Crippen molar-refractivity contribution in [3.63, 3.8) is 0 Å². The number of pyridine rings is 1. The fourth-order valence-corrected chi connectivity index (χ4v) is 2.54. The van der Waals surface area contributed by atoms with Gasteiger partial charge < -0.3 is 10.4 Å². The van der Waals surface area contributed by atoms with Gasteiger partial charge in [0, 0.05) is 30.2 Å². The molecule has 0 aliphatic rings. The van der Waals surface area contributed by atoms with Gasteiger partial charge in [-0.25, -0.2) is 8.78 Å². The molecule has 0 bridgehead atoms. The van der Waals surface area contributed by atoms with E-state index < -0.39 is 5.82 Å². The van der Waals surface area contributed by atoms with Gasteiger partial charge in [0.15, 0.2) is 0 Å². The first-order valence-electron chi connectivity index (χ1n) is 7.30. The Balaban J connectivity index is 1.73. The van der Waals surface area contributed by atoms with Crippen molar-refractivity contribution in [2.45, 2.75) is 19.7 Å². The smallest absolute Gasteiger partial charge is 0.132 e. The summed E-state index contributed by atoms with van der Waals surface area (Å²) in [5.41, 5.74) is 2.68. The van der Waals surface area contributed by atoms with Gasteiger partial charge in [-0.05, 0) is 41.5 Å². The maximum atomic E-state index is 13.8. The molecule has 3 aromatic rings. The van der Waals surface area contributed by atoms with E-state index in [9.17, 15) is 8.78 Å². The summed E-state index contributed by atoms with van der Waals surface area (Å²) in [4.78, 5) is 4.24. The van der Waals surface area contributed by atoms with E-state index in [0.29, 0.717) is 24.0 Å². The van der Waals surface area contributed by atoms with Crippen LogP contribution in [0.2, 0.25) is 0 Å². The molecule has 0 aliphatic carbocycles. The molecule has 3 nitrogen and oxygen atoms in total. The third-order valence-corrected chi connectivity index (χ3v) is 3.73. The summed E-state index contributed by atoms with van der Waals surface area (Å²) in [6.07, 6.45) is 1.64. The number of aliphatic hydroxyl groups excluding tert-OH is 1. The van der Waals surface area contributed by atoms with Crippen molar-refractivity contribution < 1.29 is 13.9 Å². The number of halogens is 2. The Labute approximate surface area is 132 Å². The lowest BCUT2D eigenvalue weighted by Gasteiger charge is -2.09. The first-order valence-corrected chi connectivity index (χ1v) is 7.30. The summed E-state index contributed by atoms with van der Waals surface area (Å²) in [6, 6.07) is 11.2. The van der Waals surface area contributed by atoms with E-state index in [1.165, 1.54) is 12.1 Å². The third-order valence-electron chi connectivity index (χ3n) is 3.73. The molecule has 0 saturated heterocycles. The van der Waals surface area contributed by atoms with Crippen LogP contribution in [0.25, 0.3) is 10.9 Å². The topological polar surface area (TPSA) is 45.1 Å². The first-order chi connectivity index (χ1) is 11.2. The van der Waals surface area contributed by atoms with Gasteiger partial charge >= 0.3 is 0 Å². The van der Waals surface area contributed by atoms with Gasteiger partial charge in [-0.2, -0.15) is 0 Å². The Hall–Kier alpha value is -2.37. The van der Waals surface area contributed by atoms with E-state index in [1.807, 2.05) is 0 Å². The van der Waals surface area contributed by atoms with Crippen molar-refractivity contribution in [1.82, 2.24) is 10.3 Å². The van der Waals surface area contributed by atoms with Crippen LogP contribution in [0.4, 0.5) is 8.78 Å². The van der Waals surface area contributed by atoms with Crippen molar-refractivity contribution in [2.75, 3.05) is 0 Å². The van der Waals surface area contributed by atoms with Crippen LogP contribution in [0.5, 0.6) is 0 Å². The number of hydrogen-bond acceptors (Lipinski definition) is 3. The average molecular weight is 314 g/mol. The Morgan fingerprint density at radius 2 is 1.78 bits per heavy atom. The summed E-state index contributed by atoms with van der Waals surface area (Å²) in [6.45, 7) is 0.699. The SMILES string of the molecule is OCc1cc(CNCc2ccc(F)c3cccnc23)ccc1F. The Morgan fingerprint density at radius 3 is 2.61 bits per heavy atom. The molecular formula is C18H16F2N2O. The molecule has 23 heavy (non-hydrogen) atoms. The number of nitrogens with one attached hydrogen (secondary N) is 1. The molecule has 2 aromatic carbocycles. The summed E-state index contributed by atoms with van der Waals surface area (Å²) in [5.74, 6) is -0.701. The Morgan fingerprint density at radius 1 is 0.957 bits per heavy atom. The number of rotatable bonds is 5. The highest BCUT2D eigenvalue weighted by Crippen LogP contribution is 2.19. The molecule has 1 heterocycles. The van der Waals surface area contributed by atoms with Crippen LogP contribution < -0.4 is 5.32 Å². The molecule has 0 radical (unpaired) electrons. The number of aliphatic hydroxyl groups is 1. The van der Waals surface area contributed by atoms with Gasteiger partial charge in [0.1, 0.15) is 11.6 Å². The van der Waals surface area contributed by atoms with E-state index >= 15 is 0 Å². The molecule has 0 spiro atoms. The zero-order chi connectivity index (χ0) is 16.2. The minimum atomic E-state index is -0.412. The van der Waals surface area contributed by atoms with E-state index in [-0.39, 0.29) is 18.0 Å². The lowest BCUT2D eigenvalue weighted by molar-refractivity contribution is 0.275. The van der Waals surface area contributed by atoms with Gasteiger partial charge in [-0.3, -0.25) is 4.98 Å². The molecule has 5 heteroatoms. The van der Waals surface area contributed by atoms with Crippen molar-refractivity contribution in [2.24, 2.45) is 0 Å². The second-order valence-electron chi connectivity index (χ2n) is 5.29. The van der Waals surface area contributed by atoms with Crippen LogP contribution in [-0.2, 0) is 19.7 Å². The second-order valence-corrected chi connectivity index (χ2v) is 5.29. The Kier molecular flexibility index (Phi) is 4.60. The second kappa shape index (κ2) is 6.81. The van der Waals surface area contributed by atoms with Crippen LogP contribution in [0.3, 0.4) is 0 Å². The molecular weight excluding hydrogens is 298 g/mol. The zero-order valence-corrected chi connectivity index (χ0v) is 12.4. The maximum Gasteiger partial charge on any atom is 0.132 e. The molecule has 0 atom stereocenters. The number of benzene rings is 2. The molecule has 0 aliphatic heterocycles. The zero-order valence-electron chi connectivity index (χ0n) is 12.4. The Bertz CT molecular complexity index is 836. The van der Waals surface area contributed by atoms with Crippen LogP contribution in [0, 0.1) is 11.6 Å². The summed E-state index contributed by atoms with van der Waals surface area (Å²) in [7, 11) is 0. The molecule has 0 unspecified atom stereocenters. The normalized spacial score (nSPS) is 11.1.